The Kier molecular flexibility index (Phi) is 8.45. The van der Waals surface area contributed by atoms with Gasteiger partial charge in [0.1, 0.15) is 11.6 Å². The van der Waals surface area contributed by atoms with Crippen LogP contribution < -0.4 is 20.9 Å². The van der Waals surface area contributed by atoms with Gasteiger partial charge in [0.15, 0.2) is 5.96 Å². The number of benzene rings is 2. The molecular formula is C34H45FN6O2. The molecule has 0 amide bonds. The molecule has 4 atom stereocenters. The molecule has 8 nitrogen and oxygen atoms in total. The molecule has 0 radical (unpaired) electrons. The second-order valence-electron chi connectivity index (χ2n) is 13.3. The topological polar surface area (TPSA) is 83.8 Å². The smallest absolute Gasteiger partial charge is 0.261 e. The zero-order valence-electron chi connectivity index (χ0n) is 25.9. The maximum atomic E-state index is 14.4. The zero-order chi connectivity index (χ0) is 30.1. The third kappa shape index (κ3) is 6.14. The van der Waals surface area contributed by atoms with E-state index in [1.807, 2.05) is 18.2 Å². The van der Waals surface area contributed by atoms with Crippen molar-refractivity contribution in [2.24, 2.45) is 28.2 Å². The number of likely N-dealkylation sites (tertiary alicyclic amines) is 1. The van der Waals surface area contributed by atoms with Gasteiger partial charge in [-0.3, -0.25) is 14.4 Å². The molecule has 7 rings (SSSR count). The molecule has 2 heterocycles. The summed E-state index contributed by atoms with van der Waals surface area (Å²) in [4.78, 5) is 25.3. The third-order valence-electron chi connectivity index (χ3n) is 10.5. The molecule has 1 aliphatic heterocycles. The van der Waals surface area contributed by atoms with Crippen molar-refractivity contribution >= 4 is 22.5 Å². The lowest BCUT2D eigenvalue weighted by Gasteiger charge is -2.62. The fourth-order valence-corrected chi connectivity index (χ4v) is 7.58. The molecular weight excluding hydrogens is 543 g/mol. The molecule has 43 heavy (non-hydrogen) atoms. The van der Waals surface area contributed by atoms with E-state index in [9.17, 15) is 9.18 Å². The molecule has 2 bridgehead atoms. The summed E-state index contributed by atoms with van der Waals surface area (Å²) in [6.07, 6.45) is 6.98. The van der Waals surface area contributed by atoms with Gasteiger partial charge in [0.05, 0.1) is 30.9 Å². The van der Waals surface area contributed by atoms with E-state index >= 15 is 0 Å². The second kappa shape index (κ2) is 12.3. The minimum Gasteiger partial charge on any atom is -0.497 e. The van der Waals surface area contributed by atoms with Crippen LogP contribution in [0.2, 0.25) is 0 Å². The number of ether oxygens (including phenoxy) is 1. The van der Waals surface area contributed by atoms with Crippen LogP contribution in [0, 0.1) is 29.0 Å². The van der Waals surface area contributed by atoms with Crippen molar-refractivity contribution in [2.75, 3.05) is 38.6 Å². The zero-order valence-corrected chi connectivity index (χ0v) is 25.9. The molecule has 3 aromatic rings. The minimum atomic E-state index is -0.341. The number of nitrogens with one attached hydrogen (secondary N) is 2. The first-order valence-corrected chi connectivity index (χ1v) is 15.8. The number of hydrogen-bond acceptors (Lipinski definition) is 5. The van der Waals surface area contributed by atoms with Crippen molar-refractivity contribution < 1.29 is 9.13 Å². The number of aromatic nitrogens is 2. The summed E-state index contributed by atoms with van der Waals surface area (Å²) in [5, 5.41) is 7.85. The molecule has 230 valence electrons. The van der Waals surface area contributed by atoms with Gasteiger partial charge in [-0.1, -0.05) is 26.8 Å². The number of hydrogen-bond donors (Lipinski definition) is 2. The van der Waals surface area contributed by atoms with E-state index in [0.717, 1.165) is 56.1 Å². The summed E-state index contributed by atoms with van der Waals surface area (Å²) < 4.78 is 21.0. The fraction of sp³-hybridized carbons (Fsp3) is 0.559. The number of halogens is 1. The average Bonchev–Trinajstić information content (AvgIpc) is 3.51. The molecule has 2 unspecified atom stereocenters. The van der Waals surface area contributed by atoms with Crippen LogP contribution in [0.25, 0.3) is 10.9 Å². The van der Waals surface area contributed by atoms with E-state index < -0.39 is 0 Å². The average molecular weight is 589 g/mol. The predicted molar refractivity (Wildman–Crippen MR) is 170 cm³/mol. The number of guanidine groups is 1. The lowest BCUT2D eigenvalue weighted by atomic mass is 9.45. The van der Waals surface area contributed by atoms with Gasteiger partial charge in [-0.2, -0.15) is 0 Å². The first kappa shape index (κ1) is 29.6. The van der Waals surface area contributed by atoms with Crippen molar-refractivity contribution in [1.82, 2.24) is 19.8 Å². The van der Waals surface area contributed by atoms with Crippen molar-refractivity contribution in [3.63, 3.8) is 0 Å². The second-order valence-corrected chi connectivity index (χ2v) is 13.3. The van der Waals surface area contributed by atoms with Gasteiger partial charge in [0, 0.05) is 30.9 Å². The van der Waals surface area contributed by atoms with Crippen LogP contribution in [0.15, 0.2) is 52.5 Å². The number of anilines is 1. The normalized spacial score (nSPS) is 25.0. The Labute approximate surface area is 253 Å². The molecule has 4 fully saturated rings. The van der Waals surface area contributed by atoms with Gasteiger partial charge in [0.2, 0.25) is 0 Å². The van der Waals surface area contributed by atoms with Crippen molar-refractivity contribution in [1.29, 1.82) is 0 Å². The first-order chi connectivity index (χ1) is 20.7. The van der Waals surface area contributed by atoms with Gasteiger partial charge >= 0.3 is 0 Å². The lowest BCUT2D eigenvalue weighted by molar-refractivity contribution is -0.112. The van der Waals surface area contributed by atoms with E-state index in [1.54, 1.807) is 23.0 Å². The molecule has 3 saturated carbocycles. The standard InChI is InChI=1S/C34H45FN6O2/c1-22-28-17-24(34(28,2)3)18-30(22)39-33(36-12-16-40-13-5-6-14-40)38-25-8-10-27-31(19-25)37-21-41(32(27)42)15-11-23-7-9-26(43-4)20-29(23)35/h7-10,19-22,24,28,30H,5-6,11-18H2,1-4H3,(H2,36,38,39)/t22-,24?,28+,30?/m0/s1. The van der Waals surface area contributed by atoms with Crippen LogP contribution >= 0.6 is 0 Å². The number of rotatable bonds is 9. The summed E-state index contributed by atoms with van der Waals surface area (Å²) in [6, 6.07) is 10.8. The SMILES string of the molecule is COc1ccc(CCn2cnc3cc(NC(=NCCN4CCCC4)NC4CC5C[C@H]([C@@H]4C)C5(C)C)ccc3c2=O)c(F)c1. The molecule has 9 heteroatoms. The highest BCUT2D eigenvalue weighted by atomic mass is 19.1. The third-order valence-corrected chi connectivity index (χ3v) is 10.5. The molecule has 1 saturated heterocycles. The van der Waals surface area contributed by atoms with Crippen molar-refractivity contribution in [3.8, 4) is 5.75 Å². The van der Waals surface area contributed by atoms with Gasteiger partial charge in [-0.15, -0.1) is 0 Å². The van der Waals surface area contributed by atoms with Crippen LogP contribution in [0.4, 0.5) is 10.1 Å². The summed E-state index contributed by atoms with van der Waals surface area (Å²) in [7, 11) is 1.51. The highest BCUT2D eigenvalue weighted by molar-refractivity contribution is 5.95. The van der Waals surface area contributed by atoms with E-state index in [4.69, 9.17) is 9.73 Å². The minimum absolute atomic E-state index is 0.138. The van der Waals surface area contributed by atoms with Crippen LogP contribution in [-0.4, -0.2) is 59.7 Å². The lowest BCUT2D eigenvalue weighted by Crippen LogP contribution is -2.61. The van der Waals surface area contributed by atoms with Crippen LogP contribution in [0.3, 0.4) is 0 Å². The quantitative estimate of drug-likeness (QED) is 0.260. The Hall–Kier alpha value is -3.46. The molecule has 2 aromatic carbocycles. The maximum absolute atomic E-state index is 14.4. The van der Waals surface area contributed by atoms with Crippen LogP contribution in [0.5, 0.6) is 5.75 Å². The van der Waals surface area contributed by atoms with E-state index in [-0.39, 0.29) is 11.4 Å². The summed E-state index contributed by atoms with van der Waals surface area (Å²) in [5.41, 5.74) is 2.29. The summed E-state index contributed by atoms with van der Waals surface area (Å²) >= 11 is 0. The monoisotopic (exact) mass is 588 g/mol. The molecule has 1 aromatic heterocycles. The van der Waals surface area contributed by atoms with Crippen LogP contribution in [-0.2, 0) is 13.0 Å². The largest absolute Gasteiger partial charge is 0.497 e. The van der Waals surface area contributed by atoms with Gasteiger partial charge in [-0.25, -0.2) is 9.37 Å². The Morgan fingerprint density at radius 3 is 2.67 bits per heavy atom. The maximum Gasteiger partial charge on any atom is 0.261 e. The highest BCUT2D eigenvalue weighted by Crippen LogP contribution is 2.61. The van der Waals surface area contributed by atoms with Crippen LogP contribution in [0.1, 0.15) is 52.0 Å². The highest BCUT2D eigenvalue weighted by Gasteiger charge is 2.56. The number of aryl methyl sites for hydroxylation is 2. The Balaban J connectivity index is 1.16. The first-order valence-electron chi connectivity index (χ1n) is 15.8. The summed E-state index contributed by atoms with van der Waals surface area (Å²) in [5.74, 6) is 3.00. The molecule has 3 aliphatic carbocycles. The van der Waals surface area contributed by atoms with E-state index in [0.29, 0.717) is 52.6 Å². The van der Waals surface area contributed by atoms with Gasteiger partial charge in [-0.05, 0) is 98.2 Å². The Bertz CT molecular complexity index is 1550. The van der Waals surface area contributed by atoms with Gasteiger partial charge < -0.3 is 20.3 Å². The Morgan fingerprint density at radius 1 is 1.14 bits per heavy atom. The molecule has 4 aliphatic rings. The fourth-order valence-electron chi connectivity index (χ4n) is 7.58. The van der Waals surface area contributed by atoms with E-state index in [1.165, 1.54) is 32.4 Å². The molecule has 2 N–H and O–H groups in total. The number of nitrogens with zero attached hydrogens (tertiary/aromatic N) is 4. The number of aliphatic imine (C=N–C) groups is 1. The van der Waals surface area contributed by atoms with E-state index in [2.05, 4.69) is 41.3 Å². The summed E-state index contributed by atoms with van der Waals surface area (Å²) in [6.45, 7) is 11.6. The van der Waals surface area contributed by atoms with Crippen molar-refractivity contribution in [3.05, 3.63) is 64.5 Å². The number of fused-ring (bicyclic) bond motifs is 3. The predicted octanol–water partition coefficient (Wildman–Crippen LogP) is 5.31. The Morgan fingerprint density at radius 2 is 1.95 bits per heavy atom. The van der Waals surface area contributed by atoms with Gasteiger partial charge in [0.25, 0.3) is 5.56 Å². The number of methoxy groups -OCH3 is 1. The molecule has 0 spiro atoms. The van der Waals surface area contributed by atoms with Crippen molar-refractivity contribution in [2.45, 2.75) is 65.5 Å².